The van der Waals surface area contributed by atoms with Crippen molar-refractivity contribution < 1.29 is 4.74 Å². The molecule has 0 saturated heterocycles. The third kappa shape index (κ3) is 1.72. The van der Waals surface area contributed by atoms with E-state index in [1.165, 1.54) is 0 Å². The van der Waals surface area contributed by atoms with Gasteiger partial charge in [0, 0.05) is 12.3 Å². The lowest BCUT2D eigenvalue weighted by atomic mass is 10.5. The van der Waals surface area contributed by atoms with Crippen molar-refractivity contribution in [3.8, 4) is 5.88 Å². The molecule has 2 nitrogen and oxygen atoms in total. The largest absolute Gasteiger partial charge is 0.478 e. The second-order valence-corrected chi connectivity index (χ2v) is 1.52. The summed E-state index contributed by atoms with van der Waals surface area (Å²) in [5, 5.41) is 0. The van der Waals surface area contributed by atoms with Crippen LogP contribution in [0.5, 0.6) is 5.88 Å². The first kappa shape index (κ1) is 6.08. The van der Waals surface area contributed by atoms with Crippen molar-refractivity contribution in [1.29, 1.82) is 0 Å². The van der Waals surface area contributed by atoms with Gasteiger partial charge in [0.2, 0.25) is 5.88 Å². The Balaban J connectivity index is 2.61. The van der Waals surface area contributed by atoms with E-state index in [2.05, 4.69) is 11.9 Å². The molecule has 0 aliphatic rings. The highest BCUT2D eigenvalue weighted by atomic mass is 16.5. The molecule has 0 aliphatic heterocycles. The van der Waals surface area contributed by atoms with E-state index < -0.39 is 0 Å². The van der Waals surface area contributed by atoms with Crippen LogP contribution in [0.1, 0.15) is 0 Å². The maximum absolute atomic E-state index is 4.98. The Labute approximate surface area is 54.5 Å². The highest BCUT2D eigenvalue weighted by Crippen LogP contribution is 2.01. The van der Waals surface area contributed by atoms with Gasteiger partial charge >= 0.3 is 0 Å². The molecule has 1 radical (unpaired) electrons. The topological polar surface area (TPSA) is 22.1 Å². The Morgan fingerprint density at radius 3 is 3.00 bits per heavy atom. The monoisotopic (exact) mass is 122 g/mol. The van der Waals surface area contributed by atoms with Crippen LogP contribution in [-0.4, -0.2) is 11.6 Å². The van der Waals surface area contributed by atoms with Crippen LogP contribution >= 0.6 is 0 Å². The molecule has 0 bridgehead atoms. The third-order valence-corrected chi connectivity index (χ3v) is 0.888. The summed E-state index contributed by atoms with van der Waals surface area (Å²) in [5.74, 6) is 0.632. The van der Waals surface area contributed by atoms with Gasteiger partial charge in [-0.25, -0.2) is 4.98 Å². The Morgan fingerprint density at radius 1 is 1.56 bits per heavy atom. The fourth-order valence-corrected chi connectivity index (χ4v) is 0.537. The summed E-state index contributed by atoms with van der Waals surface area (Å²) in [6, 6.07) is 5.51. The van der Waals surface area contributed by atoms with Gasteiger partial charge < -0.3 is 4.74 Å². The molecule has 0 atom stereocenters. The number of nitrogens with zero attached hydrogens (tertiary/aromatic N) is 1. The Bertz CT molecular complexity index is 162. The van der Waals surface area contributed by atoms with Gasteiger partial charge in [0.15, 0.2) is 0 Å². The molecule has 47 valence electrons. The quantitative estimate of drug-likeness (QED) is 0.589. The number of rotatable bonds is 2. The zero-order chi connectivity index (χ0) is 6.53. The zero-order valence-electron chi connectivity index (χ0n) is 5.08. The molecule has 0 saturated carbocycles. The number of hydrogen-bond donors (Lipinski definition) is 0. The normalized spacial score (nSPS) is 9.00. The summed E-state index contributed by atoms with van der Waals surface area (Å²) in [4.78, 5) is 3.91. The van der Waals surface area contributed by atoms with Crippen molar-refractivity contribution in [2.45, 2.75) is 0 Å². The van der Waals surface area contributed by atoms with Gasteiger partial charge in [-0.1, -0.05) is 6.07 Å². The van der Waals surface area contributed by atoms with Crippen molar-refractivity contribution in [1.82, 2.24) is 4.98 Å². The molecule has 1 heterocycles. The van der Waals surface area contributed by atoms with Gasteiger partial charge in [-0.15, -0.1) is 0 Å². The average Bonchev–Trinajstić information content (AvgIpc) is 1.91. The van der Waals surface area contributed by atoms with Crippen LogP contribution in [0.3, 0.4) is 0 Å². The summed E-state index contributed by atoms with van der Waals surface area (Å²) in [6.07, 6.45) is 1.69. The molecule has 0 spiro atoms. The van der Waals surface area contributed by atoms with Crippen LogP contribution in [0.4, 0.5) is 0 Å². The molecule has 0 unspecified atom stereocenters. The van der Waals surface area contributed by atoms with E-state index in [1.54, 1.807) is 12.3 Å². The number of hydrogen-bond acceptors (Lipinski definition) is 2. The van der Waals surface area contributed by atoms with Crippen LogP contribution in [0.2, 0.25) is 0 Å². The van der Waals surface area contributed by atoms with Gasteiger partial charge in [-0.3, -0.25) is 0 Å². The minimum Gasteiger partial charge on any atom is -0.478 e. The lowest BCUT2D eigenvalue weighted by Crippen LogP contribution is -1.92. The predicted molar refractivity (Wildman–Crippen MR) is 35.1 cm³/mol. The maximum atomic E-state index is 4.98. The summed E-state index contributed by atoms with van der Waals surface area (Å²) in [5.41, 5.74) is 0. The fourth-order valence-electron chi connectivity index (χ4n) is 0.537. The van der Waals surface area contributed by atoms with E-state index in [0.717, 1.165) is 0 Å². The highest BCUT2D eigenvalue weighted by Gasteiger charge is 1.85. The third-order valence-electron chi connectivity index (χ3n) is 0.888. The maximum Gasteiger partial charge on any atom is 0.213 e. The summed E-state index contributed by atoms with van der Waals surface area (Å²) < 4.78 is 4.98. The van der Waals surface area contributed by atoms with Crippen LogP contribution in [0.15, 0.2) is 24.4 Å². The first-order valence-electron chi connectivity index (χ1n) is 2.76. The lowest BCUT2D eigenvalue weighted by molar-refractivity contribution is 0.346. The van der Waals surface area contributed by atoms with Crippen LogP contribution in [0, 0.1) is 6.92 Å². The van der Waals surface area contributed by atoms with Crippen molar-refractivity contribution in [2.24, 2.45) is 0 Å². The molecule has 1 aromatic rings. The molecule has 1 rings (SSSR count). The van der Waals surface area contributed by atoms with E-state index in [9.17, 15) is 0 Å². The van der Waals surface area contributed by atoms with Crippen molar-refractivity contribution in [3.05, 3.63) is 31.3 Å². The van der Waals surface area contributed by atoms with Crippen molar-refractivity contribution >= 4 is 0 Å². The second kappa shape index (κ2) is 3.07. The molecule has 9 heavy (non-hydrogen) atoms. The van der Waals surface area contributed by atoms with Crippen molar-refractivity contribution in [3.63, 3.8) is 0 Å². The predicted octanol–water partition coefficient (Wildman–Crippen LogP) is 1.29. The van der Waals surface area contributed by atoms with Gasteiger partial charge in [-0.05, 0) is 13.0 Å². The minimum atomic E-state index is 0.428. The minimum absolute atomic E-state index is 0.428. The summed E-state index contributed by atoms with van der Waals surface area (Å²) in [7, 11) is 0. The molecule has 0 fully saturated rings. The molecular weight excluding hydrogens is 114 g/mol. The highest BCUT2D eigenvalue weighted by molar-refractivity contribution is 5.08. The van der Waals surface area contributed by atoms with Crippen LogP contribution < -0.4 is 4.74 Å². The van der Waals surface area contributed by atoms with Gasteiger partial charge in [0.05, 0.1) is 6.61 Å². The van der Waals surface area contributed by atoms with Crippen LogP contribution in [-0.2, 0) is 0 Å². The number of ether oxygens (including phenoxy) is 1. The van der Waals surface area contributed by atoms with Crippen LogP contribution in [0.25, 0.3) is 0 Å². The van der Waals surface area contributed by atoms with Crippen molar-refractivity contribution in [2.75, 3.05) is 6.61 Å². The Kier molecular flexibility index (Phi) is 2.07. The van der Waals surface area contributed by atoms with E-state index in [1.807, 2.05) is 12.1 Å². The summed E-state index contributed by atoms with van der Waals surface area (Å²) in [6.45, 7) is 3.95. The summed E-state index contributed by atoms with van der Waals surface area (Å²) >= 11 is 0. The van der Waals surface area contributed by atoms with E-state index in [4.69, 9.17) is 4.74 Å². The van der Waals surface area contributed by atoms with E-state index in [-0.39, 0.29) is 0 Å². The SMILES string of the molecule is [CH2]COc1ccccn1. The number of pyridine rings is 1. The zero-order valence-corrected chi connectivity index (χ0v) is 5.08. The van der Waals surface area contributed by atoms with E-state index >= 15 is 0 Å². The Morgan fingerprint density at radius 2 is 2.44 bits per heavy atom. The molecule has 0 amide bonds. The van der Waals surface area contributed by atoms with Gasteiger partial charge in [-0.2, -0.15) is 0 Å². The standard InChI is InChI=1S/C7H8NO/c1-2-9-7-5-3-4-6-8-7/h3-6H,1-2H2. The molecule has 0 N–H and O–H groups in total. The average molecular weight is 122 g/mol. The molecular formula is C7H8NO. The molecule has 2 heteroatoms. The lowest BCUT2D eigenvalue weighted by Gasteiger charge is -1.97. The first-order chi connectivity index (χ1) is 4.43. The van der Waals surface area contributed by atoms with Gasteiger partial charge in [0.25, 0.3) is 0 Å². The van der Waals surface area contributed by atoms with Gasteiger partial charge in [0.1, 0.15) is 0 Å². The smallest absolute Gasteiger partial charge is 0.213 e. The fraction of sp³-hybridized carbons (Fsp3) is 0.143. The molecule has 0 aromatic carbocycles. The first-order valence-corrected chi connectivity index (χ1v) is 2.76. The second-order valence-electron chi connectivity index (χ2n) is 1.52. The number of aromatic nitrogens is 1. The van der Waals surface area contributed by atoms with E-state index in [0.29, 0.717) is 12.5 Å². The molecule has 0 aliphatic carbocycles. The molecule has 1 aromatic heterocycles. The Hall–Kier alpha value is -1.05.